The first-order valence-electron chi connectivity index (χ1n) is 7.61. The molecule has 0 unspecified atom stereocenters. The Labute approximate surface area is 142 Å². The van der Waals surface area contributed by atoms with Gasteiger partial charge in [-0.05, 0) is 36.5 Å². The van der Waals surface area contributed by atoms with Crippen LogP contribution in [-0.2, 0) is 10.0 Å². The van der Waals surface area contributed by atoms with Crippen LogP contribution in [0, 0.1) is 0 Å². The predicted octanol–water partition coefficient (Wildman–Crippen LogP) is 3.01. The van der Waals surface area contributed by atoms with Crippen molar-refractivity contribution in [2.24, 2.45) is 5.14 Å². The molecule has 3 rings (SSSR count). The minimum atomic E-state index is -3.75. The summed E-state index contributed by atoms with van der Waals surface area (Å²) in [5.74, 6) is 0.553. The van der Waals surface area contributed by atoms with E-state index in [1.807, 2.05) is 12.1 Å². The van der Waals surface area contributed by atoms with E-state index in [2.05, 4.69) is 41.8 Å². The van der Waals surface area contributed by atoms with Gasteiger partial charge >= 0.3 is 0 Å². The fourth-order valence-electron chi connectivity index (χ4n) is 3.17. The number of benzene rings is 2. The van der Waals surface area contributed by atoms with Crippen molar-refractivity contribution in [1.82, 2.24) is 0 Å². The number of primary sulfonamides is 1. The molecule has 4 nitrogen and oxygen atoms in total. The molecule has 1 heterocycles. The van der Waals surface area contributed by atoms with Crippen LogP contribution in [0.5, 0.6) is 0 Å². The van der Waals surface area contributed by atoms with E-state index in [0.717, 1.165) is 31.6 Å². The summed E-state index contributed by atoms with van der Waals surface area (Å²) in [6.45, 7) is 1.75. The predicted molar refractivity (Wildman–Crippen MR) is 95.7 cm³/mol. The number of nitrogens with zero attached hydrogens (tertiary/aromatic N) is 1. The summed E-state index contributed by atoms with van der Waals surface area (Å²) in [4.78, 5) is 2.72. The van der Waals surface area contributed by atoms with Crippen LogP contribution in [0.4, 0.5) is 5.69 Å². The van der Waals surface area contributed by atoms with Gasteiger partial charge in [-0.15, -0.1) is 12.6 Å². The molecule has 0 amide bonds. The van der Waals surface area contributed by atoms with Gasteiger partial charge < -0.3 is 4.90 Å². The molecule has 23 heavy (non-hydrogen) atoms. The second kappa shape index (κ2) is 6.55. The molecule has 2 aromatic rings. The average molecular weight is 348 g/mol. The van der Waals surface area contributed by atoms with E-state index in [9.17, 15) is 8.42 Å². The highest BCUT2D eigenvalue weighted by molar-refractivity contribution is 7.90. The lowest BCUT2D eigenvalue weighted by atomic mass is 9.89. The summed E-state index contributed by atoms with van der Waals surface area (Å²) in [5, 5.41) is 5.26. The number of nitrogens with two attached hydrogens (primary N) is 1. The van der Waals surface area contributed by atoms with Gasteiger partial charge in [-0.25, -0.2) is 13.6 Å². The zero-order chi connectivity index (χ0) is 16.4. The van der Waals surface area contributed by atoms with Crippen LogP contribution in [0.3, 0.4) is 0 Å². The highest BCUT2D eigenvalue weighted by Gasteiger charge is 2.23. The van der Waals surface area contributed by atoms with Crippen LogP contribution in [-0.4, -0.2) is 21.5 Å². The summed E-state index contributed by atoms with van der Waals surface area (Å²) < 4.78 is 23.3. The molecule has 1 aliphatic heterocycles. The maximum atomic E-state index is 11.6. The summed E-state index contributed by atoms with van der Waals surface area (Å²) in [6, 6.07) is 15.6. The fourth-order valence-corrected chi connectivity index (χ4v) is 4.49. The van der Waals surface area contributed by atoms with E-state index in [1.54, 1.807) is 6.07 Å². The van der Waals surface area contributed by atoms with Crippen LogP contribution >= 0.6 is 12.6 Å². The molecule has 0 aromatic heterocycles. The van der Waals surface area contributed by atoms with Crippen molar-refractivity contribution in [3.63, 3.8) is 0 Å². The Morgan fingerprint density at radius 2 is 1.65 bits per heavy atom. The topological polar surface area (TPSA) is 63.4 Å². The molecule has 0 radical (unpaired) electrons. The zero-order valence-corrected chi connectivity index (χ0v) is 14.4. The summed E-state index contributed by atoms with van der Waals surface area (Å²) in [7, 11) is -3.75. The largest absolute Gasteiger partial charge is 0.371 e. The second-order valence-electron chi connectivity index (χ2n) is 5.84. The maximum Gasteiger partial charge on any atom is 0.239 e. The Hall–Kier alpha value is -1.50. The third-order valence-electron chi connectivity index (χ3n) is 4.39. The van der Waals surface area contributed by atoms with Gasteiger partial charge in [0.05, 0.1) is 10.6 Å². The van der Waals surface area contributed by atoms with Gasteiger partial charge in [0.25, 0.3) is 0 Å². The fraction of sp³-hybridized carbons (Fsp3) is 0.294. The van der Waals surface area contributed by atoms with Crippen LogP contribution < -0.4 is 10.0 Å². The molecule has 0 saturated carbocycles. The van der Waals surface area contributed by atoms with E-state index >= 15 is 0 Å². The lowest BCUT2D eigenvalue weighted by Crippen LogP contribution is -2.33. The quantitative estimate of drug-likeness (QED) is 0.838. The van der Waals surface area contributed by atoms with Gasteiger partial charge in [-0.2, -0.15) is 0 Å². The Bertz CT molecular complexity index is 783. The number of anilines is 1. The zero-order valence-electron chi connectivity index (χ0n) is 12.7. The number of sulfonamides is 1. The third kappa shape index (κ3) is 3.54. The normalized spacial score (nSPS) is 16.5. The minimum Gasteiger partial charge on any atom is -0.371 e. The number of hydrogen-bond acceptors (Lipinski definition) is 4. The van der Waals surface area contributed by atoms with Crippen molar-refractivity contribution in [2.75, 3.05) is 18.0 Å². The SMILES string of the molecule is NS(=O)(=O)c1cccc(N2CCC(c3ccccc3)CC2)c1S. The summed E-state index contributed by atoms with van der Waals surface area (Å²) in [5.41, 5.74) is 2.21. The molecule has 2 aromatic carbocycles. The van der Waals surface area contributed by atoms with Gasteiger partial charge in [-0.1, -0.05) is 36.4 Å². The van der Waals surface area contributed by atoms with Crippen LogP contribution in [0.2, 0.25) is 0 Å². The lowest BCUT2D eigenvalue weighted by Gasteiger charge is -2.34. The lowest BCUT2D eigenvalue weighted by molar-refractivity contribution is 0.503. The average Bonchev–Trinajstić information content (AvgIpc) is 2.55. The Morgan fingerprint density at radius 1 is 1.00 bits per heavy atom. The first kappa shape index (κ1) is 16.4. The monoisotopic (exact) mass is 348 g/mol. The Kier molecular flexibility index (Phi) is 4.66. The first-order chi connectivity index (χ1) is 11.0. The third-order valence-corrected chi connectivity index (χ3v) is 5.97. The molecular formula is C17H20N2O2S2. The molecule has 0 aliphatic carbocycles. The minimum absolute atomic E-state index is 0.0866. The maximum absolute atomic E-state index is 11.6. The molecule has 2 N–H and O–H groups in total. The van der Waals surface area contributed by atoms with E-state index in [-0.39, 0.29) is 4.90 Å². The molecule has 0 bridgehead atoms. The van der Waals surface area contributed by atoms with Crippen molar-refractivity contribution >= 4 is 28.3 Å². The molecule has 6 heteroatoms. The van der Waals surface area contributed by atoms with Gasteiger partial charge in [-0.3, -0.25) is 0 Å². The van der Waals surface area contributed by atoms with E-state index < -0.39 is 10.0 Å². The molecule has 1 aliphatic rings. The summed E-state index contributed by atoms with van der Waals surface area (Å²) >= 11 is 4.41. The number of hydrogen-bond donors (Lipinski definition) is 2. The van der Waals surface area contributed by atoms with Crippen molar-refractivity contribution < 1.29 is 8.42 Å². The van der Waals surface area contributed by atoms with Crippen molar-refractivity contribution in [1.29, 1.82) is 0 Å². The molecule has 1 fully saturated rings. The van der Waals surface area contributed by atoms with Gasteiger partial charge in [0, 0.05) is 18.0 Å². The summed E-state index contributed by atoms with van der Waals surface area (Å²) in [6.07, 6.45) is 2.08. The van der Waals surface area contributed by atoms with E-state index in [4.69, 9.17) is 5.14 Å². The van der Waals surface area contributed by atoms with Gasteiger partial charge in [0.15, 0.2) is 0 Å². The van der Waals surface area contributed by atoms with Crippen molar-refractivity contribution in [3.8, 4) is 0 Å². The number of thiol groups is 1. The molecule has 1 saturated heterocycles. The molecule has 0 spiro atoms. The van der Waals surface area contributed by atoms with Gasteiger partial charge in [0.1, 0.15) is 0 Å². The van der Waals surface area contributed by atoms with Crippen molar-refractivity contribution in [2.45, 2.75) is 28.6 Å². The molecular weight excluding hydrogens is 328 g/mol. The molecule has 122 valence electrons. The standard InChI is InChI=1S/C17H20N2O2S2/c18-23(20,21)16-8-4-7-15(17(16)22)19-11-9-14(10-12-19)13-5-2-1-3-6-13/h1-8,14,22H,9-12H2,(H2,18,20,21). The van der Waals surface area contributed by atoms with Crippen LogP contribution in [0.1, 0.15) is 24.3 Å². The van der Waals surface area contributed by atoms with E-state index in [1.165, 1.54) is 11.6 Å². The van der Waals surface area contributed by atoms with Crippen LogP contribution in [0.15, 0.2) is 58.3 Å². The van der Waals surface area contributed by atoms with Crippen molar-refractivity contribution in [3.05, 3.63) is 54.1 Å². The Balaban J connectivity index is 1.78. The highest BCUT2D eigenvalue weighted by atomic mass is 32.2. The molecule has 0 atom stereocenters. The Morgan fingerprint density at radius 3 is 2.26 bits per heavy atom. The van der Waals surface area contributed by atoms with Gasteiger partial charge in [0.2, 0.25) is 10.0 Å². The first-order valence-corrected chi connectivity index (χ1v) is 9.61. The highest BCUT2D eigenvalue weighted by Crippen LogP contribution is 2.35. The van der Waals surface area contributed by atoms with E-state index in [0.29, 0.717) is 10.8 Å². The number of rotatable bonds is 3. The second-order valence-corrected chi connectivity index (χ2v) is 7.82. The van der Waals surface area contributed by atoms with Crippen LogP contribution in [0.25, 0.3) is 0 Å². The number of piperidine rings is 1. The smallest absolute Gasteiger partial charge is 0.239 e.